The van der Waals surface area contributed by atoms with E-state index in [0.717, 1.165) is 29.8 Å². The first-order valence-corrected chi connectivity index (χ1v) is 6.98. The lowest BCUT2D eigenvalue weighted by Gasteiger charge is -2.09. The van der Waals surface area contributed by atoms with Crippen LogP contribution in [-0.4, -0.2) is 35.2 Å². The summed E-state index contributed by atoms with van der Waals surface area (Å²) in [5.41, 5.74) is 2.10. The van der Waals surface area contributed by atoms with E-state index in [1.165, 1.54) is 6.92 Å². The van der Waals surface area contributed by atoms with E-state index >= 15 is 0 Å². The Morgan fingerprint density at radius 2 is 2.20 bits per heavy atom. The van der Waals surface area contributed by atoms with Gasteiger partial charge in [0.2, 0.25) is 5.91 Å². The van der Waals surface area contributed by atoms with Gasteiger partial charge in [-0.2, -0.15) is 0 Å². The molecule has 0 aliphatic rings. The van der Waals surface area contributed by atoms with Crippen molar-refractivity contribution in [3.05, 3.63) is 30.1 Å². The maximum Gasteiger partial charge on any atom is 0.216 e. The van der Waals surface area contributed by atoms with Crippen molar-refractivity contribution in [3.63, 3.8) is 0 Å². The van der Waals surface area contributed by atoms with Gasteiger partial charge in [0.25, 0.3) is 0 Å². The Morgan fingerprint density at radius 3 is 2.95 bits per heavy atom. The van der Waals surface area contributed by atoms with Crippen molar-refractivity contribution in [1.82, 2.24) is 14.9 Å². The molecule has 0 saturated heterocycles. The third-order valence-electron chi connectivity index (χ3n) is 3.12. The fourth-order valence-electron chi connectivity index (χ4n) is 2.22. The van der Waals surface area contributed by atoms with Crippen LogP contribution < -0.4 is 5.32 Å². The van der Waals surface area contributed by atoms with E-state index in [4.69, 9.17) is 4.74 Å². The molecule has 0 aliphatic heterocycles. The van der Waals surface area contributed by atoms with Crippen LogP contribution in [0.5, 0.6) is 0 Å². The molecule has 20 heavy (non-hydrogen) atoms. The van der Waals surface area contributed by atoms with Crippen molar-refractivity contribution in [1.29, 1.82) is 0 Å². The summed E-state index contributed by atoms with van der Waals surface area (Å²) in [6.45, 7) is 6.29. The predicted molar refractivity (Wildman–Crippen MR) is 78.6 cm³/mol. The number of amides is 1. The number of fused-ring (bicyclic) bond motifs is 1. The molecule has 1 N–H and O–H groups in total. The Hall–Kier alpha value is -1.88. The van der Waals surface area contributed by atoms with Gasteiger partial charge >= 0.3 is 0 Å². The van der Waals surface area contributed by atoms with Crippen molar-refractivity contribution in [2.24, 2.45) is 0 Å². The number of carbonyl (C=O) groups excluding carboxylic acids is 1. The second-order valence-electron chi connectivity index (χ2n) is 4.60. The van der Waals surface area contributed by atoms with Gasteiger partial charge in [0.1, 0.15) is 5.82 Å². The van der Waals surface area contributed by atoms with Gasteiger partial charge in [-0.05, 0) is 19.1 Å². The van der Waals surface area contributed by atoms with E-state index in [9.17, 15) is 4.79 Å². The zero-order valence-corrected chi connectivity index (χ0v) is 12.1. The number of hydrogen-bond donors (Lipinski definition) is 1. The third-order valence-corrected chi connectivity index (χ3v) is 3.12. The van der Waals surface area contributed by atoms with E-state index in [0.29, 0.717) is 19.8 Å². The molecule has 0 aliphatic carbocycles. The predicted octanol–water partition coefficient (Wildman–Crippen LogP) is 1.75. The van der Waals surface area contributed by atoms with Crippen LogP contribution in [0.15, 0.2) is 24.3 Å². The molecule has 0 unspecified atom stereocenters. The number of para-hydroxylation sites is 2. The molecule has 0 fully saturated rings. The van der Waals surface area contributed by atoms with Crippen molar-refractivity contribution < 1.29 is 9.53 Å². The molecule has 1 aromatic carbocycles. The Balaban J connectivity index is 2.17. The maximum atomic E-state index is 10.9. The van der Waals surface area contributed by atoms with Crippen LogP contribution in [0, 0.1) is 0 Å². The molecular weight excluding hydrogens is 254 g/mol. The highest BCUT2D eigenvalue weighted by Crippen LogP contribution is 2.16. The average molecular weight is 275 g/mol. The molecule has 0 bridgehead atoms. The lowest BCUT2D eigenvalue weighted by molar-refractivity contribution is -0.118. The molecule has 0 spiro atoms. The van der Waals surface area contributed by atoms with Crippen molar-refractivity contribution in [2.45, 2.75) is 26.8 Å². The Kier molecular flexibility index (Phi) is 5.12. The summed E-state index contributed by atoms with van der Waals surface area (Å²) in [5, 5.41) is 2.81. The zero-order chi connectivity index (χ0) is 14.4. The van der Waals surface area contributed by atoms with Gasteiger partial charge in [-0.15, -0.1) is 0 Å². The van der Waals surface area contributed by atoms with Crippen LogP contribution in [0.1, 0.15) is 19.7 Å². The first-order chi connectivity index (χ1) is 9.72. The van der Waals surface area contributed by atoms with Crippen LogP contribution in [-0.2, 0) is 22.5 Å². The van der Waals surface area contributed by atoms with Gasteiger partial charge in [0.05, 0.1) is 17.6 Å². The molecule has 0 saturated carbocycles. The molecular formula is C15H21N3O2. The summed E-state index contributed by atoms with van der Waals surface area (Å²) in [5.74, 6) is 0.974. The Labute approximate surface area is 118 Å². The number of nitrogens with zero attached hydrogens (tertiary/aromatic N) is 2. The minimum absolute atomic E-state index is 0.0121. The molecule has 0 radical (unpaired) electrons. The standard InChI is InChI=1S/C15H21N3O2/c1-3-20-11-10-18-14-7-5-4-6-13(14)17-15(18)8-9-16-12(2)19/h4-7H,3,8-11H2,1-2H3,(H,16,19). The third kappa shape index (κ3) is 3.57. The van der Waals surface area contributed by atoms with Gasteiger partial charge in [0, 0.05) is 33.0 Å². The second kappa shape index (κ2) is 7.05. The number of hydrogen-bond acceptors (Lipinski definition) is 3. The summed E-state index contributed by atoms with van der Waals surface area (Å²) in [7, 11) is 0. The Bertz CT molecular complexity index is 578. The number of aromatic nitrogens is 2. The molecule has 1 amide bonds. The van der Waals surface area contributed by atoms with Crippen LogP contribution in [0.3, 0.4) is 0 Å². The molecule has 2 aromatic rings. The first kappa shape index (κ1) is 14.5. The molecule has 108 valence electrons. The van der Waals surface area contributed by atoms with Gasteiger partial charge in [-0.3, -0.25) is 4.79 Å². The van der Waals surface area contributed by atoms with E-state index in [-0.39, 0.29) is 5.91 Å². The zero-order valence-electron chi connectivity index (χ0n) is 12.1. The van der Waals surface area contributed by atoms with Crippen molar-refractivity contribution in [3.8, 4) is 0 Å². The van der Waals surface area contributed by atoms with Gasteiger partial charge in [0.15, 0.2) is 0 Å². The summed E-state index contributed by atoms with van der Waals surface area (Å²) in [6.07, 6.45) is 0.723. The number of benzene rings is 1. The number of carbonyl (C=O) groups is 1. The number of nitrogens with one attached hydrogen (secondary N) is 1. The maximum absolute atomic E-state index is 10.9. The van der Waals surface area contributed by atoms with Crippen molar-refractivity contribution >= 4 is 16.9 Å². The summed E-state index contributed by atoms with van der Waals surface area (Å²) in [4.78, 5) is 15.6. The number of imidazole rings is 1. The lowest BCUT2D eigenvalue weighted by atomic mass is 10.3. The first-order valence-electron chi connectivity index (χ1n) is 6.98. The highest BCUT2D eigenvalue weighted by Gasteiger charge is 2.10. The molecule has 1 heterocycles. The Morgan fingerprint density at radius 1 is 1.40 bits per heavy atom. The highest BCUT2D eigenvalue weighted by molar-refractivity contribution is 5.76. The van der Waals surface area contributed by atoms with Crippen molar-refractivity contribution in [2.75, 3.05) is 19.8 Å². The van der Waals surface area contributed by atoms with Gasteiger partial charge < -0.3 is 14.6 Å². The van der Waals surface area contributed by atoms with E-state index in [2.05, 4.69) is 20.9 Å². The second-order valence-corrected chi connectivity index (χ2v) is 4.60. The van der Waals surface area contributed by atoms with E-state index in [1.54, 1.807) is 0 Å². The van der Waals surface area contributed by atoms with E-state index < -0.39 is 0 Å². The fourth-order valence-corrected chi connectivity index (χ4v) is 2.22. The topological polar surface area (TPSA) is 56.1 Å². The van der Waals surface area contributed by atoms with Gasteiger partial charge in [-0.1, -0.05) is 12.1 Å². The quantitative estimate of drug-likeness (QED) is 0.783. The van der Waals surface area contributed by atoms with Crippen LogP contribution in [0.25, 0.3) is 11.0 Å². The number of rotatable bonds is 7. The van der Waals surface area contributed by atoms with Crippen LogP contribution in [0.4, 0.5) is 0 Å². The van der Waals surface area contributed by atoms with E-state index in [1.807, 2.05) is 25.1 Å². The average Bonchev–Trinajstić information content (AvgIpc) is 2.77. The summed E-state index contributed by atoms with van der Waals surface area (Å²) < 4.78 is 7.61. The molecule has 2 rings (SSSR count). The SMILES string of the molecule is CCOCCn1c(CCNC(C)=O)nc2ccccc21. The number of ether oxygens (including phenoxy) is 1. The summed E-state index contributed by atoms with van der Waals surface area (Å²) >= 11 is 0. The minimum atomic E-state index is -0.0121. The summed E-state index contributed by atoms with van der Waals surface area (Å²) in [6, 6.07) is 8.07. The monoisotopic (exact) mass is 275 g/mol. The lowest BCUT2D eigenvalue weighted by Crippen LogP contribution is -2.23. The fraction of sp³-hybridized carbons (Fsp3) is 0.467. The van der Waals surface area contributed by atoms with Crippen LogP contribution in [0.2, 0.25) is 0 Å². The molecule has 1 aromatic heterocycles. The molecule has 0 atom stereocenters. The smallest absolute Gasteiger partial charge is 0.216 e. The molecule has 5 nitrogen and oxygen atoms in total. The van der Waals surface area contributed by atoms with Gasteiger partial charge in [-0.25, -0.2) is 4.98 Å². The van der Waals surface area contributed by atoms with Crippen LogP contribution >= 0.6 is 0 Å². The largest absolute Gasteiger partial charge is 0.380 e. The minimum Gasteiger partial charge on any atom is -0.380 e. The molecule has 5 heteroatoms. The normalized spacial score (nSPS) is 10.9. The highest BCUT2D eigenvalue weighted by atomic mass is 16.5.